The maximum Gasteiger partial charge on any atom is 0.141 e. The molecule has 0 N–H and O–H groups in total. The van der Waals surface area contributed by atoms with Crippen LogP contribution in [0.3, 0.4) is 0 Å². The molecule has 0 aliphatic heterocycles. The van der Waals surface area contributed by atoms with Crippen LogP contribution in [-0.4, -0.2) is 9.55 Å². The average Bonchev–Trinajstić information content (AvgIpc) is 2.97. The molecule has 3 aromatic carbocycles. The van der Waals surface area contributed by atoms with Gasteiger partial charge in [0.15, 0.2) is 0 Å². The van der Waals surface area contributed by atoms with E-state index in [9.17, 15) is 0 Å². The molecule has 0 fully saturated rings. The van der Waals surface area contributed by atoms with Gasteiger partial charge in [0.05, 0.1) is 17.6 Å². The Kier molecular flexibility index (Phi) is 4.12. The van der Waals surface area contributed by atoms with Crippen LogP contribution in [0.4, 0.5) is 0 Å². The number of hydrogen-bond donors (Lipinski definition) is 0. The van der Waals surface area contributed by atoms with Gasteiger partial charge >= 0.3 is 0 Å². The molecule has 0 bridgehead atoms. The Hall–Kier alpha value is -2.87. The molecule has 0 aliphatic carbocycles. The van der Waals surface area contributed by atoms with Crippen molar-refractivity contribution in [1.29, 1.82) is 0 Å². The first-order valence-electron chi connectivity index (χ1n) is 9.12. The largest absolute Gasteiger partial charge is 0.319 e. The van der Waals surface area contributed by atoms with E-state index < -0.39 is 0 Å². The van der Waals surface area contributed by atoms with Crippen LogP contribution in [0.15, 0.2) is 60.7 Å². The second-order valence-electron chi connectivity index (χ2n) is 7.25. The normalized spacial score (nSPS) is 11.2. The van der Waals surface area contributed by atoms with Crippen molar-refractivity contribution in [3.63, 3.8) is 0 Å². The lowest BCUT2D eigenvalue weighted by Crippen LogP contribution is -2.06. The maximum atomic E-state index is 4.95. The third-order valence-corrected chi connectivity index (χ3v) is 5.12. The van der Waals surface area contributed by atoms with E-state index in [2.05, 4.69) is 92.9 Å². The van der Waals surface area contributed by atoms with Gasteiger partial charge in [-0.1, -0.05) is 59.7 Å². The number of para-hydroxylation sites is 2. The van der Waals surface area contributed by atoms with Crippen molar-refractivity contribution < 1.29 is 0 Å². The Labute approximate surface area is 155 Å². The second-order valence-corrected chi connectivity index (χ2v) is 7.25. The highest BCUT2D eigenvalue weighted by molar-refractivity contribution is 5.80. The van der Waals surface area contributed by atoms with E-state index in [0.29, 0.717) is 0 Å². The summed E-state index contributed by atoms with van der Waals surface area (Å²) in [5.41, 5.74) is 10.0. The fraction of sp³-hybridized carbons (Fsp3) is 0.208. The molecule has 2 heteroatoms. The first-order valence-corrected chi connectivity index (χ1v) is 9.12. The molecule has 4 aromatic rings. The number of imidazole rings is 1. The van der Waals surface area contributed by atoms with Gasteiger partial charge in [-0.2, -0.15) is 0 Å². The van der Waals surface area contributed by atoms with Gasteiger partial charge < -0.3 is 4.57 Å². The molecule has 2 nitrogen and oxygen atoms in total. The fourth-order valence-corrected chi connectivity index (χ4v) is 3.78. The molecule has 0 amide bonds. The summed E-state index contributed by atoms with van der Waals surface area (Å²) in [6.07, 6.45) is 0. The van der Waals surface area contributed by atoms with Crippen molar-refractivity contribution in [1.82, 2.24) is 9.55 Å². The van der Waals surface area contributed by atoms with E-state index in [1.165, 1.54) is 33.3 Å². The molecule has 0 saturated carbocycles. The van der Waals surface area contributed by atoms with Crippen molar-refractivity contribution in [3.8, 4) is 11.4 Å². The number of aromatic nitrogens is 2. The number of nitrogens with zero attached hydrogens (tertiary/aromatic N) is 2. The predicted molar refractivity (Wildman–Crippen MR) is 110 cm³/mol. The molecule has 130 valence electrons. The lowest BCUT2D eigenvalue weighted by molar-refractivity contribution is 0.821. The van der Waals surface area contributed by atoms with Crippen molar-refractivity contribution in [2.75, 3.05) is 0 Å². The van der Waals surface area contributed by atoms with Gasteiger partial charge in [0.1, 0.15) is 5.82 Å². The van der Waals surface area contributed by atoms with Crippen LogP contribution >= 0.6 is 0 Å². The van der Waals surface area contributed by atoms with Crippen molar-refractivity contribution >= 4 is 11.0 Å². The van der Waals surface area contributed by atoms with Gasteiger partial charge in [0, 0.05) is 5.56 Å². The summed E-state index contributed by atoms with van der Waals surface area (Å²) in [5.74, 6) is 1.03. The lowest BCUT2D eigenvalue weighted by atomic mass is 9.99. The summed E-state index contributed by atoms with van der Waals surface area (Å²) in [6.45, 7) is 9.53. The Bertz CT molecular complexity index is 1060. The highest BCUT2D eigenvalue weighted by Gasteiger charge is 2.14. The van der Waals surface area contributed by atoms with E-state index >= 15 is 0 Å². The third kappa shape index (κ3) is 2.92. The Morgan fingerprint density at radius 1 is 0.769 bits per heavy atom. The fourth-order valence-electron chi connectivity index (χ4n) is 3.78. The van der Waals surface area contributed by atoms with Crippen LogP contribution in [0, 0.1) is 27.7 Å². The minimum absolute atomic E-state index is 0.835. The smallest absolute Gasteiger partial charge is 0.141 e. The zero-order valence-corrected chi connectivity index (χ0v) is 15.9. The lowest BCUT2D eigenvalue weighted by Gasteiger charge is -2.15. The molecule has 4 rings (SSSR count). The van der Waals surface area contributed by atoms with Crippen LogP contribution in [0.1, 0.15) is 27.8 Å². The summed E-state index contributed by atoms with van der Waals surface area (Å²) in [4.78, 5) is 4.95. The van der Waals surface area contributed by atoms with E-state index in [0.717, 1.165) is 23.4 Å². The van der Waals surface area contributed by atoms with Crippen LogP contribution in [0.25, 0.3) is 22.4 Å². The van der Waals surface area contributed by atoms with Crippen molar-refractivity contribution in [3.05, 3.63) is 88.5 Å². The minimum Gasteiger partial charge on any atom is -0.319 e. The third-order valence-electron chi connectivity index (χ3n) is 5.12. The summed E-state index contributed by atoms with van der Waals surface area (Å²) < 4.78 is 2.35. The Morgan fingerprint density at radius 2 is 1.42 bits per heavy atom. The highest BCUT2D eigenvalue weighted by Crippen LogP contribution is 2.28. The van der Waals surface area contributed by atoms with Gasteiger partial charge in [0.2, 0.25) is 0 Å². The molecule has 0 aliphatic rings. The Balaban J connectivity index is 1.91. The summed E-state index contributed by atoms with van der Waals surface area (Å²) >= 11 is 0. The molecular weight excluding hydrogens is 316 g/mol. The van der Waals surface area contributed by atoms with Crippen molar-refractivity contribution in [2.24, 2.45) is 0 Å². The monoisotopic (exact) mass is 340 g/mol. The highest BCUT2D eigenvalue weighted by atomic mass is 15.1. The SMILES string of the molecule is Cc1ccc(-c2nc3ccccc3n2Cc2c(C)cc(C)cc2C)cc1. The van der Waals surface area contributed by atoms with Gasteiger partial charge in [-0.15, -0.1) is 0 Å². The van der Waals surface area contributed by atoms with Crippen molar-refractivity contribution in [2.45, 2.75) is 34.2 Å². The second kappa shape index (κ2) is 6.45. The average molecular weight is 340 g/mol. The van der Waals surface area contributed by atoms with Crippen LogP contribution in [-0.2, 0) is 6.54 Å². The quantitative estimate of drug-likeness (QED) is 0.448. The zero-order valence-electron chi connectivity index (χ0n) is 15.9. The molecule has 0 atom stereocenters. The molecule has 0 saturated heterocycles. The first kappa shape index (κ1) is 16.6. The molecule has 0 spiro atoms. The van der Waals surface area contributed by atoms with E-state index in [1.807, 2.05) is 0 Å². The van der Waals surface area contributed by atoms with E-state index in [-0.39, 0.29) is 0 Å². The van der Waals surface area contributed by atoms with Crippen LogP contribution in [0.2, 0.25) is 0 Å². The standard InChI is InChI=1S/C24H24N2/c1-16-9-11-20(12-10-16)24-25-22-7-5-6-8-23(22)26(24)15-21-18(3)13-17(2)14-19(21)4/h5-14H,15H2,1-4H3. The topological polar surface area (TPSA) is 17.8 Å². The van der Waals surface area contributed by atoms with Crippen LogP contribution in [0.5, 0.6) is 0 Å². The molecular formula is C24H24N2. The maximum absolute atomic E-state index is 4.95. The molecule has 0 unspecified atom stereocenters. The number of hydrogen-bond acceptors (Lipinski definition) is 1. The first-order chi connectivity index (χ1) is 12.5. The van der Waals surface area contributed by atoms with Gasteiger partial charge in [-0.3, -0.25) is 0 Å². The summed E-state index contributed by atoms with van der Waals surface area (Å²) in [6, 6.07) is 21.6. The molecule has 0 radical (unpaired) electrons. The van der Waals surface area contributed by atoms with Crippen LogP contribution < -0.4 is 0 Å². The van der Waals surface area contributed by atoms with E-state index in [1.54, 1.807) is 0 Å². The number of aryl methyl sites for hydroxylation is 4. The summed E-state index contributed by atoms with van der Waals surface area (Å²) in [7, 11) is 0. The van der Waals surface area contributed by atoms with Gasteiger partial charge in [-0.25, -0.2) is 4.98 Å². The number of benzene rings is 3. The van der Waals surface area contributed by atoms with E-state index in [4.69, 9.17) is 4.98 Å². The predicted octanol–water partition coefficient (Wildman–Crippen LogP) is 5.99. The Morgan fingerprint density at radius 3 is 2.12 bits per heavy atom. The number of fused-ring (bicyclic) bond motifs is 1. The molecule has 26 heavy (non-hydrogen) atoms. The number of rotatable bonds is 3. The zero-order chi connectivity index (χ0) is 18.3. The molecule has 1 aromatic heterocycles. The summed E-state index contributed by atoms with van der Waals surface area (Å²) in [5, 5.41) is 0. The van der Waals surface area contributed by atoms with Gasteiger partial charge in [-0.05, 0) is 56.5 Å². The minimum atomic E-state index is 0.835. The van der Waals surface area contributed by atoms with Gasteiger partial charge in [0.25, 0.3) is 0 Å². The molecule has 1 heterocycles.